The number of ether oxygens (including phenoxy) is 1. The van der Waals surface area contributed by atoms with Gasteiger partial charge in [-0.2, -0.15) is 0 Å². The van der Waals surface area contributed by atoms with E-state index >= 15 is 0 Å². The fourth-order valence-electron chi connectivity index (χ4n) is 2.28. The van der Waals surface area contributed by atoms with Gasteiger partial charge >= 0.3 is 5.97 Å². The molecule has 2 aromatic carbocycles. The Labute approximate surface area is 136 Å². The van der Waals surface area contributed by atoms with Crippen LogP contribution in [0.4, 0.5) is 0 Å². The zero-order chi connectivity index (χ0) is 16.5. The lowest BCUT2D eigenvalue weighted by atomic mass is 10.0. The van der Waals surface area contributed by atoms with Gasteiger partial charge < -0.3 is 15.2 Å². The van der Waals surface area contributed by atoms with Gasteiger partial charge in [0.25, 0.3) is 0 Å². The summed E-state index contributed by atoms with van der Waals surface area (Å²) in [6.45, 7) is -0.0414. The summed E-state index contributed by atoms with van der Waals surface area (Å²) in [7, 11) is 1.34. The van der Waals surface area contributed by atoms with Crippen LogP contribution in [0, 0.1) is 0 Å². The SMILES string of the molecule is COC(=O)/C=C(/NC(CO)Cc1ccccc1)c1ccccc1. The molecule has 0 heterocycles. The quantitative estimate of drug-likeness (QED) is 0.609. The maximum atomic E-state index is 11.6. The Hall–Kier alpha value is -2.59. The minimum atomic E-state index is -0.437. The van der Waals surface area contributed by atoms with E-state index in [1.807, 2.05) is 60.7 Å². The minimum Gasteiger partial charge on any atom is -0.466 e. The molecular weight excluding hydrogens is 290 g/mol. The number of hydrogen-bond acceptors (Lipinski definition) is 4. The highest BCUT2D eigenvalue weighted by Gasteiger charge is 2.12. The lowest BCUT2D eigenvalue weighted by Crippen LogP contribution is -2.33. The Bertz CT molecular complexity index is 638. The van der Waals surface area contributed by atoms with Crippen molar-refractivity contribution in [2.75, 3.05) is 13.7 Å². The van der Waals surface area contributed by atoms with Crippen LogP contribution in [0.2, 0.25) is 0 Å². The highest BCUT2D eigenvalue weighted by Crippen LogP contribution is 2.14. The number of carbonyl (C=O) groups excluding carboxylic acids is 1. The van der Waals surface area contributed by atoms with Crippen molar-refractivity contribution in [3.05, 3.63) is 77.9 Å². The average Bonchev–Trinajstić information content (AvgIpc) is 2.61. The lowest BCUT2D eigenvalue weighted by molar-refractivity contribution is -0.134. The van der Waals surface area contributed by atoms with Crippen molar-refractivity contribution in [2.45, 2.75) is 12.5 Å². The first-order valence-corrected chi connectivity index (χ1v) is 7.49. The Balaban J connectivity index is 2.18. The van der Waals surface area contributed by atoms with Gasteiger partial charge in [0, 0.05) is 11.8 Å². The van der Waals surface area contributed by atoms with Crippen LogP contribution >= 0.6 is 0 Å². The molecule has 0 aliphatic rings. The van der Waals surface area contributed by atoms with Crippen molar-refractivity contribution >= 4 is 11.7 Å². The third-order valence-corrected chi connectivity index (χ3v) is 3.45. The third-order valence-electron chi connectivity index (χ3n) is 3.45. The van der Waals surface area contributed by atoms with E-state index in [0.29, 0.717) is 12.1 Å². The van der Waals surface area contributed by atoms with E-state index in [1.54, 1.807) is 0 Å². The summed E-state index contributed by atoms with van der Waals surface area (Å²) in [5.41, 5.74) is 2.61. The van der Waals surface area contributed by atoms with E-state index in [1.165, 1.54) is 13.2 Å². The van der Waals surface area contributed by atoms with E-state index < -0.39 is 5.97 Å². The molecule has 1 atom stereocenters. The fraction of sp³-hybridized carbons (Fsp3) is 0.211. The predicted octanol–water partition coefficient (Wildman–Crippen LogP) is 2.39. The van der Waals surface area contributed by atoms with Gasteiger partial charge in [-0.3, -0.25) is 0 Å². The van der Waals surface area contributed by atoms with Crippen molar-refractivity contribution in [3.63, 3.8) is 0 Å². The summed E-state index contributed by atoms with van der Waals surface area (Å²) in [5, 5.41) is 12.9. The fourth-order valence-corrected chi connectivity index (χ4v) is 2.28. The number of rotatable bonds is 7. The van der Waals surface area contributed by atoms with Gasteiger partial charge in [0.05, 0.1) is 19.8 Å². The van der Waals surface area contributed by atoms with Crippen molar-refractivity contribution in [1.29, 1.82) is 0 Å². The van der Waals surface area contributed by atoms with Crippen LogP contribution in [0.25, 0.3) is 5.70 Å². The summed E-state index contributed by atoms with van der Waals surface area (Å²) < 4.78 is 4.72. The summed E-state index contributed by atoms with van der Waals surface area (Å²) in [5.74, 6) is -0.437. The Morgan fingerprint density at radius 3 is 2.30 bits per heavy atom. The van der Waals surface area contributed by atoms with Crippen molar-refractivity contribution in [1.82, 2.24) is 5.32 Å². The average molecular weight is 311 g/mol. The number of esters is 1. The van der Waals surface area contributed by atoms with Crippen LogP contribution in [-0.2, 0) is 16.0 Å². The van der Waals surface area contributed by atoms with Gasteiger partial charge in [-0.25, -0.2) is 4.79 Å². The maximum absolute atomic E-state index is 11.6. The minimum absolute atomic E-state index is 0.0414. The van der Waals surface area contributed by atoms with E-state index in [9.17, 15) is 9.90 Å². The van der Waals surface area contributed by atoms with Crippen LogP contribution in [0.1, 0.15) is 11.1 Å². The zero-order valence-electron chi connectivity index (χ0n) is 13.1. The topological polar surface area (TPSA) is 58.6 Å². The molecule has 4 heteroatoms. The first-order valence-electron chi connectivity index (χ1n) is 7.49. The van der Waals surface area contributed by atoms with Gasteiger partial charge in [-0.15, -0.1) is 0 Å². The third kappa shape index (κ3) is 5.27. The molecule has 0 saturated carbocycles. The highest BCUT2D eigenvalue weighted by molar-refractivity contribution is 5.90. The molecular formula is C19H21NO3. The summed E-state index contributed by atoms with van der Waals surface area (Å²) in [6.07, 6.45) is 2.06. The number of aliphatic hydroxyl groups excluding tert-OH is 1. The Morgan fingerprint density at radius 2 is 1.74 bits per heavy atom. The number of methoxy groups -OCH3 is 1. The molecule has 0 aliphatic heterocycles. The normalized spacial score (nSPS) is 12.5. The molecule has 2 aromatic rings. The van der Waals surface area contributed by atoms with Crippen LogP contribution in [0.15, 0.2) is 66.7 Å². The molecule has 0 radical (unpaired) electrons. The number of nitrogens with one attached hydrogen (secondary N) is 1. The second-order valence-electron chi connectivity index (χ2n) is 5.16. The second kappa shape index (κ2) is 8.76. The first-order chi connectivity index (χ1) is 11.2. The molecule has 0 fully saturated rings. The van der Waals surface area contributed by atoms with Crippen LogP contribution < -0.4 is 5.32 Å². The summed E-state index contributed by atoms with van der Waals surface area (Å²) >= 11 is 0. The molecule has 0 aromatic heterocycles. The predicted molar refractivity (Wildman–Crippen MR) is 90.6 cm³/mol. The molecule has 1 unspecified atom stereocenters. The molecule has 0 bridgehead atoms. The van der Waals surface area contributed by atoms with E-state index in [-0.39, 0.29) is 12.6 Å². The highest BCUT2D eigenvalue weighted by atomic mass is 16.5. The molecule has 0 aliphatic carbocycles. The summed E-state index contributed by atoms with van der Waals surface area (Å²) in [4.78, 5) is 11.6. The van der Waals surface area contributed by atoms with Gasteiger partial charge in [-0.05, 0) is 17.5 Å². The molecule has 4 nitrogen and oxygen atoms in total. The molecule has 120 valence electrons. The van der Waals surface area contributed by atoms with Crippen LogP contribution in [0.3, 0.4) is 0 Å². The van der Waals surface area contributed by atoms with E-state index in [4.69, 9.17) is 4.74 Å². The monoisotopic (exact) mass is 311 g/mol. The van der Waals surface area contributed by atoms with Gasteiger partial charge in [0.2, 0.25) is 0 Å². The standard InChI is InChI=1S/C19H21NO3/c1-23-19(22)13-18(16-10-6-3-7-11-16)20-17(14-21)12-15-8-4-2-5-9-15/h2-11,13,17,20-21H,12,14H2,1H3/b18-13+. The number of carbonyl (C=O) groups is 1. The molecule has 23 heavy (non-hydrogen) atoms. The smallest absolute Gasteiger partial charge is 0.332 e. The Morgan fingerprint density at radius 1 is 1.13 bits per heavy atom. The number of benzene rings is 2. The number of hydrogen-bond donors (Lipinski definition) is 2. The van der Waals surface area contributed by atoms with Gasteiger partial charge in [-0.1, -0.05) is 60.7 Å². The number of aliphatic hydroxyl groups is 1. The van der Waals surface area contributed by atoms with Crippen molar-refractivity contribution in [3.8, 4) is 0 Å². The molecule has 0 spiro atoms. The van der Waals surface area contributed by atoms with Gasteiger partial charge in [0.15, 0.2) is 0 Å². The van der Waals surface area contributed by atoms with Crippen LogP contribution in [0.5, 0.6) is 0 Å². The zero-order valence-corrected chi connectivity index (χ0v) is 13.1. The maximum Gasteiger partial charge on any atom is 0.332 e. The van der Waals surface area contributed by atoms with Crippen molar-refractivity contribution < 1.29 is 14.6 Å². The summed E-state index contributed by atoms with van der Waals surface area (Å²) in [6, 6.07) is 19.2. The largest absolute Gasteiger partial charge is 0.466 e. The Kier molecular flexibility index (Phi) is 6.39. The van der Waals surface area contributed by atoms with Crippen molar-refractivity contribution in [2.24, 2.45) is 0 Å². The molecule has 0 saturated heterocycles. The molecule has 2 N–H and O–H groups in total. The van der Waals surface area contributed by atoms with Gasteiger partial charge in [0.1, 0.15) is 0 Å². The van der Waals surface area contributed by atoms with E-state index in [0.717, 1.165) is 11.1 Å². The van der Waals surface area contributed by atoms with Crippen LogP contribution in [-0.4, -0.2) is 30.8 Å². The molecule has 0 amide bonds. The first kappa shape index (κ1) is 16.8. The van der Waals surface area contributed by atoms with E-state index in [2.05, 4.69) is 5.32 Å². The molecule has 2 rings (SSSR count). The lowest BCUT2D eigenvalue weighted by Gasteiger charge is -2.20. The second-order valence-corrected chi connectivity index (χ2v) is 5.16.